The minimum absolute atomic E-state index is 0.0960. The molecule has 1 aliphatic heterocycles. The highest BCUT2D eigenvalue weighted by Crippen LogP contribution is 2.35. The summed E-state index contributed by atoms with van der Waals surface area (Å²) >= 11 is 6.70. The van der Waals surface area contributed by atoms with E-state index in [9.17, 15) is 9.59 Å². The summed E-state index contributed by atoms with van der Waals surface area (Å²) < 4.78 is 16.6. The Hall–Kier alpha value is -2.84. The topological polar surface area (TPSA) is 65.1 Å². The van der Waals surface area contributed by atoms with E-state index < -0.39 is 0 Å². The molecule has 1 aliphatic rings. The fourth-order valence-electron chi connectivity index (χ4n) is 3.29. The molecule has 6 nitrogen and oxygen atoms in total. The lowest BCUT2D eigenvalue weighted by molar-refractivity contribution is -0.140. The highest BCUT2D eigenvalue weighted by Gasteiger charge is 2.31. The number of methoxy groups -OCH3 is 2. The highest BCUT2D eigenvalue weighted by molar-refractivity contribution is 8.26. The summed E-state index contributed by atoms with van der Waals surface area (Å²) in [5.74, 6) is 0.926. The van der Waals surface area contributed by atoms with E-state index in [-0.39, 0.29) is 11.9 Å². The van der Waals surface area contributed by atoms with Crippen LogP contribution in [0.4, 0.5) is 0 Å². The lowest BCUT2D eigenvalue weighted by Gasteiger charge is -2.14. The van der Waals surface area contributed by atoms with Crippen LogP contribution >= 0.6 is 24.0 Å². The van der Waals surface area contributed by atoms with Crippen molar-refractivity contribution in [3.05, 3.63) is 64.6 Å². The number of ether oxygens (including phenoxy) is 3. The number of hydrogen-bond donors (Lipinski definition) is 0. The fraction of sp³-hybridized carbons (Fsp3) is 0.320. The van der Waals surface area contributed by atoms with E-state index in [2.05, 4.69) is 4.74 Å². The Bertz CT molecular complexity index is 1020. The molecule has 0 aliphatic carbocycles. The van der Waals surface area contributed by atoms with Gasteiger partial charge in [0.25, 0.3) is 5.91 Å². The van der Waals surface area contributed by atoms with E-state index in [1.807, 2.05) is 54.6 Å². The van der Waals surface area contributed by atoms with Gasteiger partial charge in [-0.3, -0.25) is 14.5 Å². The fourth-order valence-corrected chi connectivity index (χ4v) is 4.60. The van der Waals surface area contributed by atoms with Crippen LogP contribution in [0.25, 0.3) is 6.08 Å². The first kappa shape index (κ1) is 24.8. The molecule has 0 bridgehead atoms. The van der Waals surface area contributed by atoms with Gasteiger partial charge in [0.2, 0.25) is 0 Å². The van der Waals surface area contributed by atoms with E-state index in [1.165, 1.54) is 18.9 Å². The van der Waals surface area contributed by atoms with Crippen LogP contribution in [-0.4, -0.2) is 41.9 Å². The van der Waals surface area contributed by atoms with E-state index in [1.54, 1.807) is 12.0 Å². The van der Waals surface area contributed by atoms with Gasteiger partial charge in [0.15, 0.2) is 11.5 Å². The van der Waals surface area contributed by atoms with Crippen molar-refractivity contribution in [2.45, 2.75) is 32.3 Å². The van der Waals surface area contributed by atoms with Crippen molar-refractivity contribution in [3.8, 4) is 11.5 Å². The van der Waals surface area contributed by atoms with Crippen LogP contribution in [0.3, 0.4) is 0 Å². The number of esters is 1. The van der Waals surface area contributed by atoms with Gasteiger partial charge in [-0.2, -0.15) is 0 Å². The molecule has 1 heterocycles. The van der Waals surface area contributed by atoms with Crippen LogP contribution in [0.1, 0.15) is 36.8 Å². The van der Waals surface area contributed by atoms with E-state index in [0.29, 0.717) is 40.3 Å². The van der Waals surface area contributed by atoms with Crippen molar-refractivity contribution in [2.24, 2.45) is 0 Å². The summed E-state index contributed by atoms with van der Waals surface area (Å²) in [7, 11) is 2.98. The Kier molecular flexibility index (Phi) is 9.33. The van der Waals surface area contributed by atoms with Crippen molar-refractivity contribution < 1.29 is 23.8 Å². The van der Waals surface area contributed by atoms with Crippen LogP contribution < -0.4 is 9.47 Å². The summed E-state index contributed by atoms with van der Waals surface area (Å²) in [5, 5.41) is 0. The molecule has 0 atom stereocenters. The van der Waals surface area contributed by atoms with Crippen molar-refractivity contribution in [1.82, 2.24) is 4.90 Å². The van der Waals surface area contributed by atoms with Gasteiger partial charge in [-0.15, -0.1) is 0 Å². The van der Waals surface area contributed by atoms with Crippen molar-refractivity contribution in [1.29, 1.82) is 0 Å². The van der Waals surface area contributed by atoms with Gasteiger partial charge in [-0.05, 0) is 42.2 Å². The lowest BCUT2D eigenvalue weighted by Crippen LogP contribution is -2.29. The zero-order chi connectivity index (χ0) is 23.6. The molecule has 1 amide bonds. The van der Waals surface area contributed by atoms with Crippen molar-refractivity contribution in [3.63, 3.8) is 0 Å². The molecule has 174 valence electrons. The predicted molar refractivity (Wildman–Crippen MR) is 134 cm³/mol. The van der Waals surface area contributed by atoms with Gasteiger partial charge in [-0.25, -0.2) is 0 Å². The first-order valence-electron chi connectivity index (χ1n) is 10.7. The van der Waals surface area contributed by atoms with Gasteiger partial charge in [-0.1, -0.05) is 66.8 Å². The van der Waals surface area contributed by atoms with Gasteiger partial charge in [0.1, 0.15) is 10.9 Å². The Balaban J connectivity index is 1.59. The van der Waals surface area contributed by atoms with Crippen LogP contribution in [0.5, 0.6) is 11.5 Å². The molecule has 1 fully saturated rings. The molecule has 0 radical (unpaired) electrons. The molecule has 0 N–H and O–H groups in total. The summed E-state index contributed by atoms with van der Waals surface area (Å²) in [4.78, 5) is 26.2. The second-order valence-electron chi connectivity index (χ2n) is 7.40. The molecule has 0 unspecified atom stereocenters. The minimum Gasteiger partial charge on any atom is -0.493 e. The summed E-state index contributed by atoms with van der Waals surface area (Å²) in [6, 6.07) is 15.5. The molecule has 0 spiro atoms. The number of carbonyl (C=O) groups excluding carboxylic acids is 2. The molecule has 33 heavy (non-hydrogen) atoms. The Labute approximate surface area is 203 Å². The number of thioether (sulfide) groups is 1. The monoisotopic (exact) mass is 485 g/mol. The van der Waals surface area contributed by atoms with Gasteiger partial charge in [0.05, 0.1) is 19.1 Å². The van der Waals surface area contributed by atoms with Crippen molar-refractivity contribution >= 4 is 46.3 Å². The molecule has 1 saturated heterocycles. The summed E-state index contributed by atoms with van der Waals surface area (Å²) in [5.41, 5.74) is 1.90. The number of rotatable bonds is 11. The zero-order valence-electron chi connectivity index (χ0n) is 18.7. The molecule has 2 aromatic carbocycles. The van der Waals surface area contributed by atoms with Crippen molar-refractivity contribution in [2.75, 3.05) is 20.8 Å². The van der Waals surface area contributed by atoms with E-state index in [0.717, 1.165) is 30.4 Å². The van der Waals surface area contributed by atoms with Gasteiger partial charge in [0, 0.05) is 13.0 Å². The molecule has 3 rings (SSSR count). The van der Waals surface area contributed by atoms with Crippen LogP contribution in [0.15, 0.2) is 53.4 Å². The van der Waals surface area contributed by atoms with Gasteiger partial charge >= 0.3 is 5.97 Å². The molecule has 0 saturated carbocycles. The first-order chi connectivity index (χ1) is 16.0. The number of benzene rings is 2. The SMILES string of the molecule is COC(=O)CCCCCN1C(=O)/C(=C/c2ccc(OCc3ccccc3)c(OC)c2)SC1=S. The molecule has 0 aromatic heterocycles. The van der Waals surface area contributed by atoms with Crippen LogP contribution in [0, 0.1) is 0 Å². The maximum Gasteiger partial charge on any atom is 0.305 e. The maximum atomic E-state index is 12.8. The van der Waals surface area contributed by atoms with Crippen LogP contribution in [0.2, 0.25) is 0 Å². The highest BCUT2D eigenvalue weighted by atomic mass is 32.2. The van der Waals surface area contributed by atoms with Gasteiger partial charge < -0.3 is 14.2 Å². The number of unbranched alkanes of at least 4 members (excludes halogenated alkanes) is 2. The lowest BCUT2D eigenvalue weighted by atomic mass is 10.1. The number of carbonyl (C=O) groups is 2. The average molecular weight is 486 g/mol. The third-order valence-corrected chi connectivity index (χ3v) is 6.46. The summed E-state index contributed by atoms with van der Waals surface area (Å²) in [6.45, 7) is 0.980. The normalized spacial score (nSPS) is 14.6. The quantitative estimate of drug-likeness (QED) is 0.187. The average Bonchev–Trinajstić information content (AvgIpc) is 3.10. The Morgan fingerprint density at radius 1 is 1.06 bits per heavy atom. The number of nitrogens with zero attached hydrogens (tertiary/aromatic N) is 1. The third kappa shape index (κ3) is 7.07. The largest absolute Gasteiger partial charge is 0.493 e. The standard InChI is InChI=1S/C25H27NO5S2/c1-29-21-15-19(12-13-20(21)31-17-18-9-5-3-6-10-18)16-22-24(28)26(25(32)33-22)14-8-4-7-11-23(27)30-2/h3,5-6,9-10,12-13,15-16H,4,7-8,11,14,17H2,1-2H3/b22-16-. The molecular formula is C25H27NO5S2. The number of amides is 1. The second kappa shape index (κ2) is 12.4. The number of hydrogen-bond acceptors (Lipinski definition) is 7. The smallest absolute Gasteiger partial charge is 0.305 e. The first-order valence-corrected chi connectivity index (χ1v) is 11.9. The Morgan fingerprint density at radius 3 is 2.58 bits per heavy atom. The Morgan fingerprint density at radius 2 is 1.85 bits per heavy atom. The third-order valence-electron chi connectivity index (χ3n) is 5.09. The molecule has 2 aromatic rings. The minimum atomic E-state index is -0.213. The zero-order valence-corrected chi connectivity index (χ0v) is 20.4. The maximum absolute atomic E-state index is 12.8. The molecule has 8 heteroatoms. The predicted octanol–water partition coefficient (Wildman–Crippen LogP) is 5.21. The molecular weight excluding hydrogens is 458 g/mol. The second-order valence-corrected chi connectivity index (χ2v) is 9.08. The van der Waals surface area contributed by atoms with E-state index >= 15 is 0 Å². The van der Waals surface area contributed by atoms with Crippen LogP contribution in [-0.2, 0) is 20.9 Å². The number of thiocarbonyl (C=S) groups is 1. The summed E-state index contributed by atoms with van der Waals surface area (Å²) in [6.07, 6.45) is 4.54. The van der Waals surface area contributed by atoms with E-state index in [4.69, 9.17) is 21.7 Å².